The van der Waals surface area contributed by atoms with E-state index in [9.17, 15) is 26.7 Å². The average Bonchev–Trinajstić information content (AvgIpc) is 2.68. The molecule has 0 aliphatic carbocycles. The molecule has 1 fully saturated rings. The number of hydrogen-bond donors (Lipinski definition) is 0. The zero-order chi connectivity index (χ0) is 21.7. The summed E-state index contributed by atoms with van der Waals surface area (Å²) >= 11 is 0.241. The van der Waals surface area contributed by atoms with Crippen molar-refractivity contribution in [2.24, 2.45) is 0 Å². The van der Waals surface area contributed by atoms with E-state index in [4.69, 9.17) is 0 Å². The lowest BCUT2D eigenvalue weighted by Crippen LogP contribution is -2.48. The third-order valence-corrected chi connectivity index (χ3v) is 5.15. The SMILES string of the molecule is O=C(c1cccnc1SC(F)F)N1CCN(Cc2ccc(OC(F)(F)F)cc2)CC1. The molecule has 11 heteroatoms. The van der Waals surface area contributed by atoms with Gasteiger partial charge >= 0.3 is 6.36 Å². The number of carbonyl (C=O) groups excluding carboxylic acids is 1. The van der Waals surface area contributed by atoms with Crippen molar-refractivity contribution in [3.63, 3.8) is 0 Å². The fourth-order valence-corrected chi connectivity index (χ4v) is 3.64. The molecule has 1 aromatic heterocycles. The molecule has 1 aliphatic rings. The summed E-state index contributed by atoms with van der Waals surface area (Å²) in [7, 11) is 0. The van der Waals surface area contributed by atoms with Gasteiger partial charge in [0.05, 0.1) is 5.56 Å². The van der Waals surface area contributed by atoms with Gasteiger partial charge in [-0.15, -0.1) is 13.2 Å². The number of thioether (sulfide) groups is 1. The third-order valence-electron chi connectivity index (χ3n) is 4.42. The maximum Gasteiger partial charge on any atom is 0.573 e. The summed E-state index contributed by atoms with van der Waals surface area (Å²) in [5, 5.41) is 0.00101. The molecule has 0 bridgehead atoms. The highest BCUT2D eigenvalue weighted by atomic mass is 32.2. The van der Waals surface area contributed by atoms with Gasteiger partial charge in [-0.05, 0) is 41.6 Å². The van der Waals surface area contributed by atoms with Gasteiger partial charge in [-0.1, -0.05) is 12.1 Å². The Balaban J connectivity index is 1.54. The molecule has 3 rings (SSSR count). The van der Waals surface area contributed by atoms with Crippen LogP contribution in [-0.2, 0) is 6.54 Å². The minimum atomic E-state index is -4.73. The zero-order valence-corrected chi connectivity index (χ0v) is 16.4. The van der Waals surface area contributed by atoms with E-state index < -0.39 is 12.1 Å². The highest BCUT2D eigenvalue weighted by Crippen LogP contribution is 2.27. The number of amides is 1. The second kappa shape index (κ2) is 9.61. The lowest BCUT2D eigenvalue weighted by Gasteiger charge is -2.35. The predicted octanol–water partition coefficient (Wildman–Crippen LogP) is 4.25. The Morgan fingerprint density at radius 2 is 1.77 bits per heavy atom. The Hall–Kier alpha value is -2.40. The topological polar surface area (TPSA) is 45.7 Å². The van der Waals surface area contributed by atoms with Crippen molar-refractivity contribution in [3.8, 4) is 5.75 Å². The largest absolute Gasteiger partial charge is 0.573 e. The molecule has 1 aliphatic heterocycles. The molecule has 2 aromatic rings. The van der Waals surface area contributed by atoms with E-state index in [0.29, 0.717) is 32.7 Å². The summed E-state index contributed by atoms with van der Waals surface area (Å²) in [6.45, 7) is 2.41. The van der Waals surface area contributed by atoms with E-state index in [1.165, 1.54) is 30.5 Å². The van der Waals surface area contributed by atoms with E-state index in [2.05, 4.69) is 14.6 Å². The van der Waals surface area contributed by atoms with Crippen LogP contribution in [0, 0.1) is 0 Å². The number of pyridine rings is 1. The van der Waals surface area contributed by atoms with Gasteiger partial charge in [-0.3, -0.25) is 9.69 Å². The van der Waals surface area contributed by atoms with Crippen LogP contribution in [0.5, 0.6) is 5.75 Å². The van der Waals surface area contributed by atoms with Gasteiger partial charge in [-0.25, -0.2) is 4.98 Å². The van der Waals surface area contributed by atoms with Crippen molar-refractivity contribution in [2.75, 3.05) is 26.2 Å². The van der Waals surface area contributed by atoms with Crippen LogP contribution in [0.15, 0.2) is 47.6 Å². The van der Waals surface area contributed by atoms with Gasteiger partial charge < -0.3 is 9.64 Å². The summed E-state index contributed by atoms with van der Waals surface area (Å²) in [6.07, 6.45) is -3.36. The molecule has 30 heavy (non-hydrogen) atoms. The Morgan fingerprint density at radius 1 is 1.10 bits per heavy atom. The van der Waals surface area contributed by atoms with Crippen LogP contribution >= 0.6 is 11.8 Å². The Labute approximate surface area is 173 Å². The molecule has 2 heterocycles. The number of piperazine rings is 1. The number of rotatable bonds is 6. The van der Waals surface area contributed by atoms with Gasteiger partial charge in [0.2, 0.25) is 0 Å². The number of benzene rings is 1. The quantitative estimate of drug-likeness (QED) is 0.489. The van der Waals surface area contributed by atoms with Crippen LogP contribution in [0.4, 0.5) is 22.0 Å². The normalized spacial score (nSPS) is 15.5. The van der Waals surface area contributed by atoms with Crippen LogP contribution in [0.1, 0.15) is 15.9 Å². The van der Waals surface area contributed by atoms with E-state index in [1.807, 2.05) is 0 Å². The molecular formula is C19H18F5N3O2S. The lowest BCUT2D eigenvalue weighted by molar-refractivity contribution is -0.274. The molecular weight excluding hydrogens is 429 g/mol. The molecule has 1 aromatic carbocycles. The monoisotopic (exact) mass is 447 g/mol. The smallest absolute Gasteiger partial charge is 0.406 e. The summed E-state index contributed by atoms with van der Waals surface area (Å²) in [4.78, 5) is 20.2. The molecule has 1 amide bonds. The Bertz CT molecular complexity index is 856. The van der Waals surface area contributed by atoms with E-state index in [-0.39, 0.29) is 34.0 Å². The average molecular weight is 447 g/mol. The number of halogens is 5. The summed E-state index contributed by atoms with van der Waals surface area (Å²) in [5.74, 6) is -3.30. The highest BCUT2D eigenvalue weighted by Gasteiger charge is 2.31. The molecule has 0 atom stereocenters. The van der Waals surface area contributed by atoms with E-state index in [0.717, 1.165) is 5.56 Å². The van der Waals surface area contributed by atoms with Crippen LogP contribution in [0.3, 0.4) is 0 Å². The second-order valence-electron chi connectivity index (χ2n) is 6.49. The molecule has 0 radical (unpaired) electrons. The fourth-order valence-electron chi connectivity index (χ4n) is 3.07. The van der Waals surface area contributed by atoms with E-state index >= 15 is 0 Å². The highest BCUT2D eigenvalue weighted by molar-refractivity contribution is 7.99. The van der Waals surface area contributed by atoms with Gasteiger partial charge in [0, 0.05) is 38.9 Å². The standard InChI is InChI=1S/C19H18F5N3O2S/c20-18(21)30-16-15(2-1-7-25-16)17(28)27-10-8-26(9-11-27)12-13-3-5-14(6-4-13)29-19(22,23)24/h1-7,18H,8-12H2. The van der Waals surface area contributed by atoms with Crippen molar-refractivity contribution in [2.45, 2.75) is 23.7 Å². The Kier molecular flexibility index (Phi) is 7.14. The number of hydrogen-bond acceptors (Lipinski definition) is 5. The second-order valence-corrected chi connectivity index (χ2v) is 7.47. The molecule has 0 spiro atoms. The molecule has 162 valence electrons. The number of nitrogens with zero attached hydrogens (tertiary/aromatic N) is 3. The molecule has 0 saturated carbocycles. The summed E-state index contributed by atoms with van der Waals surface area (Å²) < 4.78 is 65.9. The van der Waals surface area contributed by atoms with Crippen LogP contribution in [-0.4, -0.2) is 59.0 Å². The van der Waals surface area contributed by atoms with Crippen molar-refractivity contribution >= 4 is 17.7 Å². The first kappa shape index (κ1) is 22.3. The zero-order valence-electron chi connectivity index (χ0n) is 15.6. The number of aromatic nitrogens is 1. The van der Waals surface area contributed by atoms with Crippen molar-refractivity contribution in [3.05, 3.63) is 53.7 Å². The molecule has 5 nitrogen and oxygen atoms in total. The number of carbonyl (C=O) groups is 1. The molecule has 1 saturated heterocycles. The first-order chi connectivity index (χ1) is 14.2. The van der Waals surface area contributed by atoms with Crippen LogP contribution < -0.4 is 4.74 Å². The molecule has 0 N–H and O–H groups in total. The minimum Gasteiger partial charge on any atom is -0.406 e. The van der Waals surface area contributed by atoms with Crippen molar-refractivity contribution in [1.29, 1.82) is 0 Å². The predicted molar refractivity (Wildman–Crippen MR) is 100 cm³/mol. The number of alkyl halides is 5. The summed E-state index contributed by atoms with van der Waals surface area (Å²) in [5.41, 5.74) is 0.962. The molecule has 0 unspecified atom stereocenters. The first-order valence-corrected chi connectivity index (χ1v) is 9.85. The van der Waals surface area contributed by atoms with Crippen LogP contribution in [0.25, 0.3) is 0 Å². The van der Waals surface area contributed by atoms with Gasteiger partial charge in [0.25, 0.3) is 11.7 Å². The van der Waals surface area contributed by atoms with Crippen LogP contribution in [0.2, 0.25) is 0 Å². The van der Waals surface area contributed by atoms with E-state index in [1.54, 1.807) is 17.0 Å². The van der Waals surface area contributed by atoms with Crippen molar-refractivity contribution < 1.29 is 31.5 Å². The van der Waals surface area contributed by atoms with Gasteiger partial charge in [0.1, 0.15) is 10.8 Å². The van der Waals surface area contributed by atoms with Crippen molar-refractivity contribution in [1.82, 2.24) is 14.8 Å². The van der Waals surface area contributed by atoms with Gasteiger partial charge in [0.15, 0.2) is 0 Å². The lowest BCUT2D eigenvalue weighted by atomic mass is 10.1. The number of ether oxygens (including phenoxy) is 1. The summed E-state index contributed by atoms with van der Waals surface area (Å²) in [6, 6.07) is 8.65. The Morgan fingerprint density at radius 3 is 2.37 bits per heavy atom. The first-order valence-electron chi connectivity index (χ1n) is 8.97. The van der Waals surface area contributed by atoms with Gasteiger partial charge in [-0.2, -0.15) is 8.78 Å². The fraction of sp³-hybridized carbons (Fsp3) is 0.368. The maximum absolute atomic E-state index is 12.7. The minimum absolute atomic E-state index is 0.00101. The third kappa shape index (κ3) is 6.30. The maximum atomic E-state index is 12.7.